The molecular weight excluding hydrogens is 128 g/mol. The van der Waals surface area contributed by atoms with E-state index in [0.29, 0.717) is 18.1 Å². The smallest absolute Gasteiger partial charge is 0.0778 e. The van der Waals surface area contributed by atoms with E-state index in [4.69, 9.17) is 16.2 Å². The first kappa shape index (κ1) is 6.58. The largest absolute Gasteiger partial charge is 0.375 e. The number of ether oxygens (including phenoxy) is 1. The van der Waals surface area contributed by atoms with Crippen molar-refractivity contribution in [3.8, 4) is 0 Å². The van der Waals surface area contributed by atoms with Gasteiger partial charge in [-0.25, -0.2) is 0 Å². The zero-order chi connectivity index (χ0) is 7.14. The molecule has 1 saturated carbocycles. The minimum Gasteiger partial charge on any atom is -0.375 e. The lowest BCUT2D eigenvalue weighted by atomic mass is 9.74. The van der Waals surface area contributed by atoms with Gasteiger partial charge < -0.3 is 16.2 Å². The van der Waals surface area contributed by atoms with Gasteiger partial charge in [0.15, 0.2) is 0 Å². The van der Waals surface area contributed by atoms with Crippen LogP contribution in [-0.4, -0.2) is 24.8 Å². The summed E-state index contributed by atoms with van der Waals surface area (Å²) in [6, 6.07) is 0.707. The van der Waals surface area contributed by atoms with Crippen LogP contribution in [0, 0.1) is 5.92 Å². The van der Waals surface area contributed by atoms with Crippen LogP contribution in [0.15, 0.2) is 0 Å². The van der Waals surface area contributed by atoms with Gasteiger partial charge in [-0.15, -0.1) is 0 Å². The van der Waals surface area contributed by atoms with Gasteiger partial charge in [0.25, 0.3) is 0 Å². The minimum atomic E-state index is 0.289. The van der Waals surface area contributed by atoms with Crippen molar-refractivity contribution in [3.05, 3.63) is 0 Å². The second-order valence-electron chi connectivity index (χ2n) is 3.45. The van der Waals surface area contributed by atoms with Crippen LogP contribution in [-0.2, 0) is 4.74 Å². The molecule has 0 aromatic rings. The van der Waals surface area contributed by atoms with E-state index >= 15 is 0 Å². The average Bonchev–Trinajstić information content (AvgIpc) is 1.82. The molecule has 0 radical (unpaired) electrons. The lowest BCUT2D eigenvalue weighted by Crippen LogP contribution is -2.59. The summed E-state index contributed by atoms with van der Waals surface area (Å²) in [6.45, 7) is 0.746. The van der Waals surface area contributed by atoms with E-state index in [1.807, 2.05) is 0 Å². The van der Waals surface area contributed by atoms with Gasteiger partial charge in [-0.2, -0.15) is 0 Å². The molecule has 3 nitrogen and oxygen atoms in total. The molecule has 2 rings (SSSR count). The third kappa shape index (κ3) is 0.856. The van der Waals surface area contributed by atoms with E-state index in [1.54, 1.807) is 0 Å². The Kier molecular flexibility index (Phi) is 1.44. The van der Waals surface area contributed by atoms with E-state index in [-0.39, 0.29) is 6.04 Å². The van der Waals surface area contributed by atoms with Gasteiger partial charge in [-0.1, -0.05) is 0 Å². The fourth-order valence-corrected chi connectivity index (χ4v) is 1.78. The summed E-state index contributed by atoms with van der Waals surface area (Å²) in [6.07, 6.45) is 2.55. The van der Waals surface area contributed by atoms with Crippen LogP contribution in [0.4, 0.5) is 0 Å². The number of hydrogen-bond donors (Lipinski definition) is 2. The van der Waals surface area contributed by atoms with Crippen molar-refractivity contribution in [3.63, 3.8) is 0 Å². The second kappa shape index (κ2) is 2.19. The van der Waals surface area contributed by atoms with Crippen LogP contribution >= 0.6 is 0 Å². The van der Waals surface area contributed by atoms with Gasteiger partial charge in [0.05, 0.1) is 18.8 Å². The molecule has 1 heterocycles. The van der Waals surface area contributed by atoms with Crippen LogP contribution in [0.1, 0.15) is 12.8 Å². The zero-order valence-electron chi connectivity index (χ0n) is 5.99. The summed E-state index contributed by atoms with van der Waals surface area (Å²) in [5, 5.41) is 0. The Bertz CT molecular complexity index is 134. The molecule has 2 fully saturated rings. The first-order valence-corrected chi connectivity index (χ1v) is 3.90. The van der Waals surface area contributed by atoms with Crippen LogP contribution in [0.3, 0.4) is 0 Å². The van der Waals surface area contributed by atoms with Crippen molar-refractivity contribution >= 4 is 0 Å². The van der Waals surface area contributed by atoms with E-state index in [2.05, 4.69) is 0 Å². The van der Waals surface area contributed by atoms with Gasteiger partial charge >= 0.3 is 0 Å². The van der Waals surface area contributed by atoms with Crippen molar-refractivity contribution in [2.45, 2.75) is 31.0 Å². The van der Waals surface area contributed by atoms with Crippen molar-refractivity contribution in [2.75, 3.05) is 6.61 Å². The van der Waals surface area contributed by atoms with Crippen molar-refractivity contribution in [1.82, 2.24) is 0 Å². The molecule has 58 valence electrons. The summed E-state index contributed by atoms with van der Waals surface area (Å²) >= 11 is 0. The Balaban J connectivity index is 1.79. The van der Waals surface area contributed by atoms with Crippen molar-refractivity contribution < 1.29 is 4.74 Å². The Hall–Kier alpha value is -0.120. The molecule has 1 saturated heterocycles. The average molecular weight is 142 g/mol. The molecule has 0 spiro atoms. The van der Waals surface area contributed by atoms with E-state index < -0.39 is 0 Å². The summed E-state index contributed by atoms with van der Waals surface area (Å²) in [4.78, 5) is 0. The molecule has 0 bridgehead atoms. The Morgan fingerprint density at radius 3 is 2.20 bits per heavy atom. The van der Waals surface area contributed by atoms with Crippen LogP contribution in [0.5, 0.6) is 0 Å². The first-order chi connectivity index (χ1) is 4.77. The topological polar surface area (TPSA) is 61.3 Å². The predicted octanol–water partition coefficient (Wildman–Crippen LogP) is -0.550. The minimum absolute atomic E-state index is 0.289. The van der Waals surface area contributed by atoms with Gasteiger partial charge in [0.1, 0.15) is 0 Å². The molecular formula is C7H14N2O. The van der Waals surface area contributed by atoms with Crippen molar-refractivity contribution in [2.24, 2.45) is 17.4 Å². The van der Waals surface area contributed by atoms with Crippen LogP contribution in [0.25, 0.3) is 0 Å². The molecule has 4 N–H and O–H groups in total. The standard InChI is InChI=1S/C7H14N2O/c8-5-1-4(2-5)7-6(9)3-10-7/h4-7H,1-3,8-9H2. The molecule has 0 amide bonds. The van der Waals surface area contributed by atoms with Gasteiger partial charge in [0, 0.05) is 6.04 Å². The van der Waals surface area contributed by atoms with Gasteiger partial charge in [0.2, 0.25) is 0 Å². The maximum atomic E-state index is 5.71. The fraction of sp³-hybridized carbons (Fsp3) is 1.00. The third-order valence-electron chi connectivity index (χ3n) is 2.58. The third-order valence-corrected chi connectivity index (χ3v) is 2.58. The summed E-state index contributed by atoms with van der Waals surface area (Å²) in [5.41, 5.74) is 11.3. The highest BCUT2D eigenvalue weighted by Crippen LogP contribution is 2.34. The van der Waals surface area contributed by atoms with E-state index in [9.17, 15) is 0 Å². The van der Waals surface area contributed by atoms with Gasteiger partial charge in [-0.3, -0.25) is 0 Å². The summed E-state index contributed by atoms with van der Waals surface area (Å²) in [5.74, 6) is 0.666. The number of nitrogens with two attached hydrogens (primary N) is 2. The highest BCUT2D eigenvalue weighted by atomic mass is 16.5. The quantitative estimate of drug-likeness (QED) is 0.516. The molecule has 10 heavy (non-hydrogen) atoms. The van der Waals surface area contributed by atoms with E-state index in [0.717, 1.165) is 19.4 Å². The number of rotatable bonds is 1. The highest BCUT2D eigenvalue weighted by molar-refractivity contribution is 4.95. The zero-order valence-corrected chi connectivity index (χ0v) is 5.99. The van der Waals surface area contributed by atoms with Crippen LogP contribution in [0.2, 0.25) is 0 Å². The molecule has 2 atom stereocenters. The summed E-state index contributed by atoms with van der Waals surface area (Å²) < 4.78 is 5.31. The van der Waals surface area contributed by atoms with E-state index in [1.165, 1.54) is 0 Å². The Morgan fingerprint density at radius 2 is 1.90 bits per heavy atom. The maximum absolute atomic E-state index is 5.71. The Labute approximate surface area is 60.7 Å². The summed E-state index contributed by atoms with van der Waals surface area (Å²) in [7, 11) is 0. The molecule has 3 heteroatoms. The second-order valence-corrected chi connectivity index (χ2v) is 3.45. The lowest BCUT2D eigenvalue weighted by Gasteiger charge is -2.46. The van der Waals surface area contributed by atoms with Crippen molar-refractivity contribution in [1.29, 1.82) is 0 Å². The SMILES string of the molecule is NC1CC(C2OCC2N)C1. The monoisotopic (exact) mass is 142 g/mol. The maximum Gasteiger partial charge on any atom is 0.0778 e. The predicted molar refractivity (Wildman–Crippen MR) is 38.4 cm³/mol. The molecule has 0 aromatic heterocycles. The molecule has 1 aliphatic heterocycles. The van der Waals surface area contributed by atoms with Gasteiger partial charge in [-0.05, 0) is 18.8 Å². The fourth-order valence-electron chi connectivity index (χ4n) is 1.78. The molecule has 0 aromatic carbocycles. The normalized spacial score (nSPS) is 53.4. The van der Waals surface area contributed by atoms with Crippen LogP contribution < -0.4 is 11.5 Å². The molecule has 2 aliphatic rings. The number of hydrogen-bond acceptors (Lipinski definition) is 3. The first-order valence-electron chi connectivity index (χ1n) is 3.90. The Morgan fingerprint density at radius 1 is 1.20 bits per heavy atom. The highest BCUT2D eigenvalue weighted by Gasteiger charge is 2.41. The molecule has 1 aliphatic carbocycles. The lowest BCUT2D eigenvalue weighted by molar-refractivity contribution is -0.124. The molecule has 2 unspecified atom stereocenters.